The summed E-state index contributed by atoms with van der Waals surface area (Å²) < 4.78 is 13.8. The lowest BCUT2D eigenvalue weighted by Gasteiger charge is -2.32. The van der Waals surface area contributed by atoms with Crippen LogP contribution in [0.15, 0.2) is 66.9 Å². The van der Waals surface area contributed by atoms with Gasteiger partial charge in [0.05, 0.1) is 16.5 Å². The molecule has 1 aromatic heterocycles. The van der Waals surface area contributed by atoms with E-state index in [-0.39, 0.29) is 5.56 Å². The van der Waals surface area contributed by atoms with Crippen LogP contribution in [0.3, 0.4) is 0 Å². The molecular weight excluding hydrogens is 506 g/mol. The third-order valence-corrected chi connectivity index (χ3v) is 9.02. The summed E-state index contributed by atoms with van der Waals surface area (Å²) in [5.41, 5.74) is 6.95. The van der Waals surface area contributed by atoms with Crippen LogP contribution in [0.5, 0.6) is 0 Å². The van der Waals surface area contributed by atoms with Crippen molar-refractivity contribution in [1.82, 2.24) is 14.2 Å². The first-order valence-corrected chi connectivity index (χ1v) is 14.8. The Balaban J connectivity index is 1.22. The molecule has 3 aromatic carbocycles. The summed E-state index contributed by atoms with van der Waals surface area (Å²) in [5.74, 6) is 6.26. The number of aromatic amines is 1. The van der Waals surface area contributed by atoms with Crippen LogP contribution in [0.2, 0.25) is 0 Å². The summed E-state index contributed by atoms with van der Waals surface area (Å²) in [6, 6.07) is 19.6. The van der Waals surface area contributed by atoms with Crippen LogP contribution >= 0.6 is 0 Å². The third-order valence-electron chi connectivity index (χ3n) is 7.93. The number of benzene rings is 3. The standard InChI is InChI=1S/C32H31N3O3S/c1-39(38)35-15-12-23(13-16-35)19-34-20-27-8-6-22(17-28(27)21-34)5-7-25-3-2-4-29(32(36)37)31(25)26-10-9-24-11-14-33-30(24)18-26/h2-4,6,8-11,14,17-18,23,33H,12-13,15-16,19-21H2,1H3,(H,36,37). The molecule has 6 nitrogen and oxygen atoms in total. The zero-order chi connectivity index (χ0) is 26.9. The lowest BCUT2D eigenvalue weighted by molar-refractivity contribution is 0.0697. The van der Waals surface area contributed by atoms with Gasteiger partial charge < -0.3 is 10.1 Å². The molecule has 2 aliphatic rings. The van der Waals surface area contributed by atoms with Gasteiger partial charge in [-0.1, -0.05) is 36.1 Å². The van der Waals surface area contributed by atoms with Crippen molar-refractivity contribution in [2.75, 3.05) is 25.9 Å². The van der Waals surface area contributed by atoms with Crippen molar-refractivity contribution in [2.45, 2.75) is 25.9 Å². The molecule has 0 spiro atoms. The molecule has 0 aliphatic carbocycles. The van der Waals surface area contributed by atoms with Crippen LogP contribution in [0.25, 0.3) is 22.0 Å². The Kier molecular flexibility index (Phi) is 7.09. The molecule has 0 radical (unpaired) electrons. The van der Waals surface area contributed by atoms with Crippen molar-refractivity contribution in [1.29, 1.82) is 0 Å². The van der Waals surface area contributed by atoms with E-state index in [9.17, 15) is 14.1 Å². The van der Waals surface area contributed by atoms with Crippen molar-refractivity contribution in [3.05, 3.63) is 94.7 Å². The average Bonchev–Trinajstić information content (AvgIpc) is 3.57. The Bertz CT molecular complexity index is 1640. The maximum absolute atomic E-state index is 12.1. The molecule has 0 bridgehead atoms. The lowest BCUT2D eigenvalue weighted by Crippen LogP contribution is -2.38. The number of nitrogens with one attached hydrogen (secondary N) is 1. The largest absolute Gasteiger partial charge is 0.478 e. The van der Waals surface area contributed by atoms with Gasteiger partial charge in [0.1, 0.15) is 0 Å². The monoisotopic (exact) mass is 537 g/mol. The van der Waals surface area contributed by atoms with Gasteiger partial charge in [-0.3, -0.25) is 4.90 Å². The molecule has 1 unspecified atom stereocenters. The van der Waals surface area contributed by atoms with Gasteiger partial charge >= 0.3 is 5.97 Å². The Labute approximate surface area is 231 Å². The van der Waals surface area contributed by atoms with Gasteiger partial charge in [0, 0.05) is 67.4 Å². The molecule has 1 atom stereocenters. The van der Waals surface area contributed by atoms with Crippen molar-refractivity contribution in [3.63, 3.8) is 0 Å². The van der Waals surface area contributed by atoms with E-state index in [1.54, 1.807) is 18.4 Å². The first-order chi connectivity index (χ1) is 18.9. The fourth-order valence-electron chi connectivity index (χ4n) is 5.87. The van der Waals surface area contributed by atoms with Crippen LogP contribution in [0.1, 0.15) is 45.5 Å². The molecule has 1 fully saturated rings. The van der Waals surface area contributed by atoms with Crippen LogP contribution < -0.4 is 0 Å². The fraction of sp³-hybridized carbons (Fsp3) is 0.281. The number of carboxylic acids is 1. The Morgan fingerprint density at radius 2 is 1.85 bits per heavy atom. The van der Waals surface area contributed by atoms with Gasteiger partial charge in [0.15, 0.2) is 0 Å². The third kappa shape index (κ3) is 5.41. The number of H-pyrrole nitrogens is 1. The SMILES string of the molecule is CS(=O)N1CCC(CN2Cc3ccc(C#Cc4cccc(C(=O)O)c4-c4ccc5cc[nH]c5c4)cc3C2)CC1. The maximum atomic E-state index is 12.1. The van der Waals surface area contributed by atoms with Crippen LogP contribution in [-0.4, -0.2) is 55.4 Å². The molecule has 4 aromatic rings. The summed E-state index contributed by atoms with van der Waals surface area (Å²) in [5, 5.41) is 11.0. The number of aromatic carboxylic acids is 1. The van der Waals surface area contributed by atoms with Gasteiger partial charge in [0.25, 0.3) is 0 Å². The Morgan fingerprint density at radius 1 is 1.03 bits per heavy atom. The number of aromatic nitrogens is 1. The number of nitrogens with zero attached hydrogens (tertiary/aromatic N) is 2. The van der Waals surface area contributed by atoms with E-state index in [4.69, 9.17) is 0 Å². The Morgan fingerprint density at radius 3 is 2.64 bits per heavy atom. The van der Waals surface area contributed by atoms with E-state index in [1.165, 1.54) is 11.1 Å². The smallest absolute Gasteiger partial charge is 0.336 e. The van der Waals surface area contributed by atoms with Crippen LogP contribution in [-0.2, 0) is 24.1 Å². The second-order valence-electron chi connectivity index (χ2n) is 10.5. The summed E-state index contributed by atoms with van der Waals surface area (Å²) in [4.78, 5) is 17.8. The van der Waals surface area contributed by atoms with Gasteiger partial charge in [0.2, 0.25) is 0 Å². The van der Waals surface area contributed by atoms with E-state index < -0.39 is 17.0 Å². The molecule has 2 N–H and O–H groups in total. The van der Waals surface area contributed by atoms with E-state index in [0.717, 1.165) is 67.6 Å². The topological polar surface area (TPSA) is 76.6 Å². The highest BCUT2D eigenvalue weighted by Crippen LogP contribution is 2.31. The highest BCUT2D eigenvalue weighted by atomic mass is 32.2. The predicted octanol–water partition coefficient (Wildman–Crippen LogP) is 5.25. The summed E-state index contributed by atoms with van der Waals surface area (Å²) in [6.07, 6.45) is 5.84. The van der Waals surface area contributed by atoms with Crippen molar-refractivity contribution >= 4 is 27.9 Å². The van der Waals surface area contributed by atoms with E-state index in [1.807, 2.05) is 36.5 Å². The number of carboxylic acid groups (broad SMARTS) is 1. The maximum Gasteiger partial charge on any atom is 0.336 e. The lowest BCUT2D eigenvalue weighted by atomic mass is 9.93. The summed E-state index contributed by atoms with van der Waals surface area (Å²) >= 11 is 0. The van der Waals surface area contributed by atoms with Crippen molar-refractivity contribution < 1.29 is 14.1 Å². The molecule has 0 saturated carbocycles. The molecular formula is C32H31N3O3S. The van der Waals surface area contributed by atoms with Crippen LogP contribution in [0, 0.1) is 17.8 Å². The first-order valence-electron chi connectivity index (χ1n) is 13.3. The number of carbonyl (C=O) groups is 1. The molecule has 6 rings (SSSR count). The number of rotatable bonds is 5. The van der Waals surface area contributed by atoms with E-state index in [2.05, 4.69) is 44.2 Å². The van der Waals surface area contributed by atoms with Gasteiger partial charge in [-0.2, -0.15) is 0 Å². The average molecular weight is 538 g/mol. The molecule has 7 heteroatoms. The normalized spacial score (nSPS) is 17.1. The second-order valence-corrected chi connectivity index (χ2v) is 11.9. The highest BCUT2D eigenvalue weighted by Gasteiger charge is 2.26. The van der Waals surface area contributed by atoms with Crippen molar-refractivity contribution in [3.8, 4) is 23.0 Å². The number of piperidine rings is 1. The second kappa shape index (κ2) is 10.8. The molecule has 1 saturated heterocycles. The molecule has 2 aliphatic heterocycles. The minimum Gasteiger partial charge on any atom is -0.478 e. The number of fused-ring (bicyclic) bond motifs is 2. The molecule has 0 amide bonds. The minimum absolute atomic E-state index is 0.244. The first kappa shape index (κ1) is 25.6. The zero-order valence-electron chi connectivity index (χ0n) is 21.9. The summed E-state index contributed by atoms with van der Waals surface area (Å²) in [7, 11) is -0.866. The minimum atomic E-state index is -0.966. The number of hydrogen-bond acceptors (Lipinski definition) is 3. The molecule has 39 heavy (non-hydrogen) atoms. The zero-order valence-corrected chi connectivity index (χ0v) is 22.8. The van der Waals surface area contributed by atoms with Crippen LogP contribution in [0.4, 0.5) is 0 Å². The van der Waals surface area contributed by atoms with Gasteiger partial charge in [-0.25, -0.2) is 13.3 Å². The van der Waals surface area contributed by atoms with E-state index in [0.29, 0.717) is 17.0 Å². The molecule has 198 valence electrons. The van der Waals surface area contributed by atoms with Gasteiger partial charge in [-0.15, -0.1) is 0 Å². The van der Waals surface area contributed by atoms with Crippen molar-refractivity contribution in [2.24, 2.45) is 5.92 Å². The highest BCUT2D eigenvalue weighted by molar-refractivity contribution is 7.81. The quantitative estimate of drug-likeness (QED) is 0.341. The predicted molar refractivity (Wildman–Crippen MR) is 156 cm³/mol. The van der Waals surface area contributed by atoms with Gasteiger partial charge in [-0.05, 0) is 77.2 Å². The fourth-order valence-corrected chi connectivity index (χ4v) is 6.60. The Hall–Kier alpha value is -3.70. The molecule has 3 heterocycles. The number of hydrogen-bond donors (Lipinski definition) is 2. The van der Waals surface area contributed by atoms with E-state index >= 15 is 0 Å². The summed E-state index contributed by atoms with van der Waals surface area (Å²) in [6.45, 7) is 4.77.